The molecular formula is C15H14N2O3. The summed E-state index contributed by atoms with van der Waals surface area (Å²) in [7, 11) is 0. The van der Waals surface area contributed by atoms with Gasteiger partial charge in [-0.3, -0.25) is 9.59 Å². The summed E-state index contributed by atoms with van der Waals surface area (Å²) >= 11 is 0. The quantitative estimate of drug-likeness (QED) is 0.823. The molecule has 2 N–H and O–H groups in total. The maximum absolute atomic E-state index is 12.2. The van der Waals surface area contributed by atoms with Gasteiger partial charge in [-0.05, 0) is 31.0 Å². The van der Waals surface area contributed by atoms with E-state index in [0.717, 1.165) is 0 Å². The molecule has 0 radical (unpaired) electrons. The van der Waals surface area contributed by atoms with Crippen molar-refractivity contribution in [3.8, 4) is 6.07 Å². The number of nitriles is 1. The van der Waals surface area contributed by atoms with Crippen molar-refractivity contribution in [1.82, 2.24) is 0 Å². The third-order valence-electron chi connectivity index (χ3n) is 3.35. The number of benzene rings is 1. The molecule has 1 aromatic rings. The number of aliphatic carboxylic acids is 1. The van der Waals surface area contributed by atoms with Crippen molar-refractivity contribution in [1.29, 1.82) is 5.26 Å². The normalized spacial score (nSPS) is 20.9. The zero-order chi connectivity index (χ0) is 14.5. The number of carbonyl (C=O) groups is 2. The van der Waals surface area contributed by atoms with Crippen molar-refractivity contribution in [2.75, 3.05) is 5.32 Å². The van der Waals surface area contributed by atoms with E-state index in [2.05, 4.69) is 5.32 Å². The number of nitrogens with zero attached hydrogens (tertiary/aromatic N) is 1. The molecule has 0 fully saturated rings. The summed E-state index contributed by atoms with van der Waals surface area (Å²) in [5.74, 6) is -2.56. The zero-order valence-corrected chi connectivity index (χ0v) is 10.7. The van der Waals surface area contributed by atoms with E-state index in [0.29, 0.717) is 24.1 Å². The lowest BCUT2D eigenvalue weighted by Gasteiger charge is -2.24. The van der Waals surface area contributed by atoms with Crippen LogP contribution in [0.15, 0.2) is 36.4 Å². The highest BCUT2D eigenvalue weighted by molar-refractivity contribution is 5.95. The Balaban J connectivity index is 2.12. The van der Waals surface area contributed by atoms with Crippen LogP contribution < -0.4 is 5.32 Å². The highest BCUT2D eigenvalue weighted by atomic mass is 16.4. The number of rotatable bonds is 3. The fourth-order valence-corrected chi connectivity index (χ4v) is 2.28. The molecule has 0 saturated heterocycles. The number of hydrogen-bond acceptors (Lipinski definition) is 3. The molecule has 5 nitrogen and oxygen atoms in total. The standard InChI is InChI=1S/C15H14N2O3/c16-9-10-4-3-5-11(8-10)17-14(18)12-6-1-2-7-13(12)15(19)20/h1-5,8,12-13H,6-7H2,(H,17,18)(H,19,20)/t12-,13-/m1/s1. The van der Waals surface area contributed by atoms with Gasteiger partial charge in [0, 0.05) is 5.69 Å². The molecule has 0 aliphatic heterocycles. The zero-order valence-electron chi connectivity index (χ0n) is 10.7. The van der Waals surface area contributed by atoms with E-state index in [1.165, 1.54) is 0 Å². The predicted molar refractivity (Wildman–Crippen MR) is 72.8 cm³/mol. The van der Waals surface area contributed by atoms with Crippen molar-refractivity contribution in [2.24, 2.45) is 11.8 Å². The third-order valence-corrected chi connectivity index (χ3v) is 3.35. The van der Waals surface area contributed by atoms with Gasteiger partial charge in [-0.25, -0.2) is 0 Å². The smallest absolute Gasteiger partial charge is 0.307 e. The number of carbonyl (C=O) groups excluding carboxylic acids is 1. The van der Waals surface area contributed by atoms with Gasteiger partial charge >= 0.3 is 5.97 Å². The molecule has 102 valence electrons. The first-order valence-corrected chi connectivity index (χ1v) is 6.30. The second-order valence-electron chi connectivity index (χ2n) is 4.68. The minimum absolute atomic E-state index is 0.322. The summed E-state index contributed by atoms with van der Waals surface area (Å²) in [4.78, 5) is 23.4. The summed E-state index contributed by atoms with van der Waals surface area (Å²) in [6, 6.07) is 8.53. The first-order valence-electron chi connectivity index (χ1n) is 6.30. The summed E-state index contributed by atoms with van der Waals surface area (Å²) in [5, 5.41) is 20.6. The number of anilines is 1. The third kappa shape index (κ3) is 3.04. The van der Waals surface area contributed by atoms with Gasteiger partial charge in [-0.1, -0.05) is 18.2 Å². The van der Waals surface area contributed by atoms with Crippen molar-refractivity contribution in [3.05, 3.63) is 42.0 Å². The molecule has 5 heteroatoms. The number of nitrogens with one attached hydrogen (secondary N) is 1. The molecule has 0 unspecified atom stereocenters. The Hall–Kier alpha value is -2.61. The van der Waals surface area contributed by atoms with E-state index in [1.54, 1.807) is 30.3 Å². The Morgan fingerprint density at radius 1 is 1.25 bits per heavy atom. The van der Waals surface area contributed by atoms with E-state index in [9.17, 15) is 9.59 Å². The van der Waals surface area contributed by atoms with Crippen LogP contribution in [0.1, 0.15) is 18.4 Å². The summed E-state index contributed by atoms with van der Waals surface area (Å²) in [6.07, 6.45) is 4.40. The highest BCUT2D eigenvalue weighted by Crippen LogP contribution is 2.27. The fourth-order valence-electron chi connectivity index (χ4n) is 2.28. The van der Waals surface area contributed by atoms with Crippen molar-refractivity contribution < 1.29 is 14.7 Å². The van der Waals surface area contributed by atoms with Gasteiger partial charge in [-0.15, -0.1) is 0 Å². The molecule has 0 aromatic heterocycles. The molecule has 0 heterocycles. The minimum Gasteiger partial charge on any atom is -0.481 e. The molecule has 0 spiro atoms. The van der Waals surface area contributed by atoms with Gasteiger partial charge in [0.15, 0.2) is 0 Å². The van der Waals surface area contributed by atoms with Crippen LogP contribution in [0.25, 0.3) is 0 Å². The minimum atomic E-state index is -0.958. The Morgan fingerprint density at radius 2 is 1.95 bits per heavy atom. The molecule has 1 aliphatic carbocycles. The molecular weight excluding hydrogens is 256 g/mol. The number of carboxylic acid groups (broad SMARTS) is 1. The van der Waals surface area contributed by atoms with Gasteiger partial charge in [0.2, 0.25) is 5.91 Å². The van der Waals surface area contributed by atoms with Gasteiger partial charge < -0.3 is 10.4 Å². The van der Waals surface area contributed by atoms with Crippen LogP contribution in [0.2, 0.25) is 0 Å². The number of amides is 1. The van der Waals surface area contributed by atoms with Gasteiger partial charge in [0.1, 0.15) is 0 Å². The van der Waals surface area contributed by atoms with Gasteiger partial charge in [0.25, 0.3) is 0 Å². The Bertz CT molecular complexity index is 601. The van der Waals surface area contributed by atoms with Crippen molar-refractivity contribution in [2.45, 2.75) is 12.8 Å². The molecule has 0 bridgehead atoms. The van der Waals surface area contributed by atoms with E-state index < -0.39 is 17.8 Å². The number of carboxylic acids is 1. The highest BCUT2D eigenvalue weighted by Gasteiger charge is 2.33. The average Bonchev–Trinajstić information content (AvgIpc) is 2.47. The topological polar surface area (TPSA) is 90.2 Å². The van der Waals surface area contributed by atoms with Crippen LogP contribution in [-0.2, 0) is 9.59 Å². The molecule has 20 heavy (non-hydrogen) atoms. The molecule has 2 atom stereocenters. The fraction of sp³-hybridized carbons (Fsp3) is 0.267. The van der Waals surface area contributed by atoms with E-state index in [-0.39, 0.29) is 5.91 Å². The van der Waals surface area contributed by atoms with E-state index in [1.807, 2.05) is 12.1 Å². The summed E-state index contributed by atoms with van der Waals surface area (Å²) in [6.45, 7) is 0. The number of allylic oxidation sites excluding steroid dienone is 2. The molecule has 2 rings (SSSR count). The van der Waals surface area contributed by atoms with Gasteiger partial charge in [-0.2, -0.15) is 5.26 Å². The monoisotopic (exact) mass is 270 g/mol. The summed E-state index contributed by atoms with van der Waals surface area (Å²) < 4.78 is 0. The lowest BCUT2D eigenvalue weighted by molar-refractivity contribution is -0.146. The average molecular weight is 270 g/mol. The second-order valence-corrected chi connectivity index (χ2v) is 4.68. The molecule has 1 amide bonds. The molecule has 1 aromatic carbocycles. The van der Waals surface area contributed by atoms with Crippen LogP contribution >= 0.6 is 0 Å². The lowest BCUT2D eigenvalue weighted by atomic mass is 9.82. The van der Waals surface area contributed by atoms with Crippen LogP contribution in [0.4, 0.5) is 5.69 Å². The van der Waals surface area contributed by atoms with Crippen LogP contribution in [0, 0.1) is 23.2 Å². The molecule has 1 aliphatic rings. The second kappa shape index (κ2) is 6.02. The lowest BCUT2D eigenvalue weighted by Crippen LogP contribution is -2.34. The predicted octanol–water partition coefficient (Wildman–Crippen LogP) is 2.16. The summed E-state index contributed by atoms with van der Waals surface area (Å²) in [5.41, 5.74) is 0.953. The maximum Gasteiger partial charge on any atom is 0.307 e. The van der Waals surface area contributed by atoms with Gasteiger partial charge in [0.05, 0.1) is 23.5 Å². The van der Waals surface area contributed by atoms with Crippen LogP contribution in [0.3, 0.4) is 0 Å². The van der Waals surface area contributed by atoms with Crippen molar-refractivity contribution >= 4 is 17.6 Å². The first kappa shape index (κ1) is 13.8. The Kier molecular flexibility index (Phi) is 4.16. The van der Waals surface area contributed by atoms with Crippen molar-refractivity contribution in [3.63, 3.8) is 0 Å². The number of hydrogen-bond donors (Lipinski definition) is 2. The van der Waals surface area contributed by atoms with Crippen LogP contribution in [-0.4, -0.2) is 17.0 Å². The molecule has 0 saturated carbocycles. The Labute approximate surface area is 116 Å². The van der Waals surface area contributed by atoms with E-state index >= 15 is 0 Å². The SMILES string of the molecule is N#Cc1cccc(NC(=O)[C@@H]2CC=CC[C@H]2C(=O)O)c1. The van der Waals surface area contributed by atoms with E-state index in [4.69, 9.17) is 10.4 Å². The largest absolute Gasteiger partial charge is 0.481 e. The van der Waals surface area contributed by atoms with Crippen LogP contribution in [0.5, 0.6) is 0 Å². The maximum atomic E-state index is 12.2. The first-order chi connectivity index (χ1) is 9.61. The Morgan fingerprint density at radius 3 is 2.60 bits per heavy atom.